The highest BCUT2D eigenvalue weighted by Gasteiger charge is 2.17. The smallest absolute Gasteiger partial charge is 0.150 e. The second kappa shape index (κ2) is 10.4. The van der Waals surface area contributed by atoms with E-state index >= 15 is 0 Å². The largest absolute Gasteiger partial charge is 0.371 e. The van der Waals surface area contributed by atoms with Crippen LogP contribution in [0.15, 0.2) is 72.9 Å². The molecule has 3 aromatic carbocycles. The number of carbonyl (C=O) groups is 1. The Morgan fingerprint density at radius 1 is 1.09 bits per heavy atom. The van der Waals surface area contributed by atoms with E-state index < -0.39 is 0 Å². The molecular weight excluding hydrogens is 418 g/mol. The maximum absolute atomic E-state index is 11.9. The van der Waals surface area contributed by atoms with Gasteiger partial charge in [-0.1, -0.05) is 37.3 Å². The molecule has 1 heterocycles. The molecule has 172 valence electrons. The van der Waals surface area contributed by atoms with Crippen LogP contribution in [0.2, 0.25) is 0 Å². The Hall–Kier alpha value is -3.84. The number of anilines is 2. The van der Waals surface area contributed by atoms with Gasteiger partial charge in [-0.2, -0.15) is 5.26 Å². The summed E-state index contributed by atoms with van der Waals surface area (Å²) in [6.45, 7) is 6.61. The maximum Gasteiger partial charge on any atom is 0.150 e. The molecule has 0 spiro atoms. The molecule has 34 heavy (non-hydrogen) atoms. The van der Waals surface area contributed by atoms with Gasteiger partial charge in [0, 0.05) is 43.3 Å². The second-order valence-electron chi connectivity index (χ2n) is 9.21. The van der Waals surface area contributed by atoms with Crippen LogP contribution in [-0.4, -0.2) is 26.4 Å². The molecule has 0 amide bonds. The van der Waals surface area contributed by atoms with Crippen molar-refractivity contribution in [3.8, 4) is 17.2 Å². The van der Waals surface area contributed by atoms with Gasteiger partial charge in [-0.3, -0.25) is 4.79 Å². The topological polar surface area (TPSA) is 47.3 Å². The number of hydrogen-bond acceptors (Lipinski definition) is 4. The van der Waals surface area contributed by atoms with Gasteiger partial charge in [0.2, 0.25) is 0 Å². The molecule has 1 saturated heterocycles. The van der Waals surface area contributed by atoms with E-state index in [4.69, 9.17) is 5.26 Å². The van der Waals surface area contributed by atoms with Crippen molar-refractivity contribution in [2.45, 2.75) is 26.7 Å². The van der Waals surface area contributed by atoms with Crippen LogP contribution in [0.3, 0.4) is 0 Å². The van der Waals surface area contributed by atoms with Crippen molar-refractivity contribution in [2.24, 2.45) is 5.92 Å². The lowest BCUT2D eigenvalue weighted by Gasteiger charge is -2.33. The molecule has 0 radical (unpaired) electrons. The molecule has 1 aliphatic rings. The highest BCUT2D eigenvalue weighted by molar-refractivity contribution is 5.93. The van der Waals surface area contributed by atoms with Crippen molar-refractivity contribution in [3.05, 3.63) is 89.6 Å². The van der Waals surface area contributed by atoms with Crippen LogP contribution >= 0.6 is 0 Å². The fourth-order valence-electron chi connectivity index (χ4n) is 4.83. The molecule has 1 fully saturated rings. The molecule has 3 aromatic rings. The van der Waals surface area contributed by atoms with Gasteiger partial charge >= 0.3 is 0 Å². The lowest BCUT2D eigenvalue weighted by molar-refractivity contribution is 0.112. The quantitative estimate of drug-likeness (QED) is 0.390. The number of allylic oxidation sites excluding steroid dienone is 1. The fourth-order valence-corrected chi connectivity index (χ4v) is 4.83. The van der Waals surface area contributed by atoms with Crippen molar-refractivity contribution in [3.63, 3.8) is 0 Å². The minimum atomic E-state index is 0.617. The summed E-state index contributed by atoms with van der Waals surface area (Å²) >= 11 is 0. The van der Waals surface area contributed by atoms with Crippen molar-refractivity contribution < 1.29 is 4.79 Å². The van der Waals surface area contributed by atoms with Gasteiger partial charge in [0.1, 0.15) is 0 Å². The zero-order chi connectivity index (χ0) is 24.1. The Morgan fingerprint density at radius 3 is 2.47 bits per heavy atom. The molecule has 4 nitrogen and oxygen atoms in total. The molecule has 0 bridgehead atoms. The number of aldehydes is 1. The van der Waals surface area contributed by atoms with Gasteiger partial charge in [0.15, 0.2) is 6.29 Å². The first-order valence-electron chi connectivity index (χ1n) is 11.9. The Balaban J connectivity index is 1.62. The SMILES string of the molecule is C/C(=C/N(C)c1ccc(N2CCC[C@@H](C)C2)cc1)c1c(C=O)cccc1-c1ccc(C#N)cc1. The summed E-state index contributed by atoms with van der Waals surface area (Å²) in [5, 5.41) is 9.12. The summed E-state index contributed by atoms with van der Waals surface area (Å²) < 4.78 is 0. The number of hydrogen-bond donors (Lipinski definition) is 0. The zero-order valence-electron chi connectivity index (χ0n) is 20.2. The van der Waals surface area contributed by atoms with Crippen LogP contribution < -0.4 is 9.80 Å². The molecule has 0 N–H and O–H groups in total. The van der Waals surface area contributed by atoms with Crippen LogP contribution in [0.5, 0.6) is 0 Å². The lowest BCUT2D eigenvalue weighted by Crippen LogP contribution is -2.34. The van der Waals surface area contributed by atoms with Crippen molar-refractivity contribution in [1.82, 2.24) is 0 Å². The summed E-state index contributed by atoms with van der Waals surface area (Å²) in [6, 6.07) is 24.1. The summed E-state index contributed by atoms with van der Waals surface area (Å²) in [7, 11) is 2.03. The van der Waals surface area contributed by atoms with Crippen LogP contribution in [0.4, 0.5) is 11.4 Å². The second-order valence-corrected chi connectivity index (χ2v) is 9.21. The van der Waals surface area contributed by atoms with E-state index in [1.54, 1.807) is 0 Å². The van der Waals surface area contributed by atoms with E-state index in [1.165, 1.54) is 18.5 Å². The minimum absolute atomic E-state index is 0.617. The number of carbonyl (C=O) groups excluding carboxylic acids is 1. The zero-order valence-corrected chi connectivity index (χ0v) is 20.2. The van der Waals surface area contributed by atoms with Gasteiger partial charge in [-0.05, 0) is 84.3 Å². The molecule has 0 saturated carbocycles. The predicted molar refractivity (Wildman–Crippen MR) is 141 cm³/mol. The van der Waals surface area contributed by atoms with E-state index in [1.807, 2.05) is 56.4 Å². The maximum atomic E-state index is 11.9. The van der Waals surface area contributed by atoms with Gasteiger partial charge in [-0.25, -0.2) is 0 Å². The molecular formula is C30H31N3O. The van der Waals surface area contributed by atoms with E-state index in [-0.39, 0.29) is 0 Å². The van der Waals surface area contributed by atoms with Crippen LogP contribution in [0, 0.1) is 17.2 Å². The third kappa shape index (κ3) is 5.05. The fraction of sp³-hybridized carbons (Fsp3) is 0.267. The van der Waals surface area contributed by atoms with Crippen molar-refractivity contribution >= 4 is 23.2 Å². The third-order valence-electron chi connectivity index (χ3n) is 6.61. The molecule has 0 aromatic heterocycles. The highest BCUT2D eigenvalue weighted by atomic mass is 16.1. The molecule has 0 unspecified atom stereocenters. The van der Waals surface area contributed by atoms with Crippen LogP contribution in [0.25, 0.3) is 16.7 Å². The lowest BCUT2D eigenvalue weighted by atomic mass is 9.91. The molecule has 4 heteroatoms. The number of piperidine rings is 1. The first-order chi connectivity index (χ1) is 16.5. The van der Waals surface area contributed by atoms with Crippen molar-refractivity contribution in [2.75, 3.05) is 29.9 Å². The van der Waals surface area contributed by atoms with Crippen LogP contribution in [-0.2, 0) is 0 Å². The summed E-state index contributed by atoms with van der Waals surface area (Å²) in [6.07, 6.45) is 5.55. The Kier molecular flexibility index (Phi) is 7.13. The number of nitriles is 1. The third-order valence-corrected chi connectivity index (χ3v) is 6.61. The standard InChI is InChI=1S/C30H31N3O/c1-22-6-5-17-33(19-22)28-15-13-27(14-16-28)32(3)20-23(2)30-26(21-34)7-4-8-29(30)25-11-9-24(18-31)10-12-25/h4,7-16,20-22H,5-6,17,19H2,1-3H3/b23-20-/t22-/m1/s1. The minimum Gasteiger partial charge on any atom is -0.371 e. The van der Waals surface area contributed by atoms with Crippen LogP contribution in [0.1, 0.15) is 48.2 Å². The highest BCUT2D eigenvalue weighted by Crippen LogP contribution is 2.32. The molecule has 4 rings (SSSR count). The van der Waals surface area contributed by atoms with E-state index in [2.05, 4.69) is 53.3 Å². The summed E-state index contributed by atoms with van der Waals surface area (Å²) in [4.78, 5) is 16.5. The van der Waals surface area contributed by atoms with Gasteiger partial charge in [0.25, 0.3) is 0 Å². The Bertz CT molecular complexity index is 1220. The first kappa shape index (κ1) is 23.3. The Morgan fingerprint density at radius 2 is 1.82 bits per heavy atom. The summed E-state index contributed by atoms with van der Waals surface area (Å²) in [5.74, 6) is 0.741. The first-order valence-corrected chi connectivity index (χ1v) is 11.9. The number of benzene rings is 3. The average Bonchev–Trinajstić information content (AvgIpc) is 2.88. The van der Waals surface area contributed by atoms with Crippen molar-refractivity contribution in [1.29, 1.82) is 5.26 Å². The number of rotatable bonds is 6. The monoisotopic (exact) mass is 449 g/mol. The predicted octanol–water partition coefficient (Wildman–Crippen LogP) is 6.77. The number of nitrogens with zero attached hydrogens (tertiary/aromatic N) is 3. The molecule has 1 aliphatic heterocycles. The summed E-state index contributed by atoms with van der Waals surface area (Å²) in [5.41, 5.74) is 7.51. The normalized spacial score (nSPS) is 16.1. The van der Waals surface area contributed by atoms with E-state index in [0.717, 1.165) is 53.2 Å². The van der Waals surface area contributed by atoms with Gasteiger partial charge in [-0.15, -0.1) is 0 Å². The van der Waals surface area contributed by atoms with E-state index in [9.17, 15) is 4.79 Å². The van der Waals surface area contributed by atoms with Gasteiger partial charge in [0.05, 0.1) is 11.6 Å². The molecule has 0 aliphatic carbocycles. The average molecular weight is 450 g/mol. The molecule has 1 atom stereocenters. The van der Waals surface area contributed by atoms with E-state index in [0.29, 0.717) is 11.1 Å². The van der Waals surface area contributed by atoms with Gasteiger partial charge < -0.3 is 9.80 Å². The Labute approximate surface area is 202 Å².